The molecule has 1 unspecified atom stereocenters. The predicted octanol–water partition coefficient (Wildman–Crippen LogP) is 7.73. The predicted molar refractivity (Wildman–Crippen MR) is 163 cm³/mol. The van der Waals surface area contributed by atoms with Crippen LogP contribution in [0, 0.1) is 0 Å². The molecule has 1 N–H and O–H groups in total. The average molecular weight is 524 g/mol. The highest BCUT2D eigenvalue weighted by molar-refractivity contribution is 5.79. The number of methoxy groups -OCH3 is 1. The zero-order chi connectivity index (χ0) is 28.3. The first-order chi connectivity index (χ1) is 19.1. The Balaban J connectivity index is 0.000000815. The number of aryl methyl sites for hydroxylation is 2. The number of anilines is 1. The molecule has 1 aromatic heterocycles. The van der Waals surface area contributed by atoms with E-state index in [9.17, 15) is 4.79 Å². The van der Waals surface area contributed by atoms with E-state index in [1.165, 1.54) is 24.6 Å². The van der Waals surface area contributed by atoms with Gasteiger partial charge in [0.25, 0.3) is 0 Å². The van der Waals surface area contributed by atoms with Gasteiger partial charge in [0, 0.05) is 18.1 Å². The summed E-state index contributed by atoms with van der Waals surface area (Å²) < 4.78 is 4.99. The molecule has 0 radical (unpaired) electrons. The van der Waals surface area contributed by atoms with Crippen molar-refractivity contribution in [2.24, 2.45) is 0 Å². The van der Waals surface area contributed by atoms with Gasteiger partial charge in [0.15, 0.2) is 0 Å². The fourth-order valence-electron chi connectivity index (χ4n) is 3.73. The second kappa shape index (κ2) is 18.1. The number of allylic oxidation sites excluding steroid dienone is 2. The summed E-state index contributed by atoms with van der Waals surface area (Å²) in [6, 6.07) is 30.1. The minimum Gasteiger partial charge on any atom is -0.467 e. The molecule has 0 bridgehead atoms. The van der Waals surface area contributed by atoms with Gasteiger partial charge in [0.2, 0.25) is 0 Å². The highest BCUT2D eigenvalue weighted by atomic mass is 16.5. The van der Waals surface area contributed by atoms with E-state index < -0.39 is 6.04 Å². The minimum absolute atomic E-state index is 0.332. The van der Waals surface area contributed by atoms with Gasteiger partial charge in [-0.3, -0.25) is 0 Å². The fraction of sp³-hybridized carbons (Fsp3) is 0.265. The van der Waals surface area contributed by atoms with Crippen molar-refractivity contribution in [3.05, 3.63) is 126 Å². The summed E-state index contributed by atoms with van der Waals surface area (Å²) in [6.07, 6.45) is 8.01. The number of hydrogen-bond acceptors (Lipinski definition) is 5. The maximum absolute atomic E-state index is 12.3. The van der Waals surface area contributed by atoms with Crippen LogP contribution in [0.3, 0.4) is 0 Å². The number of ether oxygens (including phenoxy) is 1. The Hall–Kier alpha value is -4.25. The van der Waals surface area contributed by atoms with Crippen LogP contribution in [-0.4, -0.2) is 29.1 Å². The zero-order valence-electron chi connectivity index (χ0n) is 23.8. The van der Waals surface area contributed by atoms with Crippen LogP contribution in [0.15, 0.2) is 109 Å². The smallest absolute Gasteiger partial charge is 0.328 e. The molecule has 0 amide bonds. The molecule has 1 heterocycles. The van der Waals surface area contributed by atoms with Crippen molar-refractivity contribution in [2.75, 3.05) is 12.4 Å². The van der Waals surface area contributed by atoms with Crippen LogP contribution in [-0.2, 0) is 28.8 Å². The molecule has 0 aliphatic heterocycles. The SMILES string of the molecule is C/C=C\C.CC.COC(=O)C(Cc1ccccc1)Nc1cc(-c2ccc(CCc3ccccc3)cc2)ncn1. The fourth-order valence-corrected chi connectivity index (χ4v) is 3.73. The zero-order valence-corrected chi connectivity index (χ0v) is 23.8. The van der Waals surface area contributed by atoms with Gasteiger partial charge < -0.3 is 10.1 Å². The topological polar surface area (TPSA) is 64.1 Å². The van der Waals surface area contributed by atoms with Crippen LogP contribution in [0.5, 0.6) is 0 Å². The molecular weight excluding hydrogens is 482 g/mol. The summed E-state index contributed by atoms with van der Waals surface area (Å²) in [6.45, 7) is 8.00. The van der Waals surface area contributed by atoms with Crippen molar-refractivity contribution < 1.29 is 9.53 Å². The number of aromatic nitrogens is 2. The maximum atomic E-state index is 12.3. The molecule has 204 valence electrons. The Morgan fingerprint density at radius 3 is 1.87 bits per heavy atom. The molecule has 4 aromatic rings. The number of carbonyl (C=O) groups excluding carboxylic acids is 1. The standard InChI is InChI=1S/C28H27N3O2.C4H8.C2H6/c1-33-28(32)26(18-23-10-6-3-7-11-23)31-27-19-25(29-20-30-27)24-16-14-22(15-17-24)13-12-21-8-4-2-5-9-21;1-3-4-2;1-2/h2-11,14-17,19-20,26H,12-13,18H2,1H3,(H,29,30,31);3-4H,1-2H3;1-2H3/b;4-3-;. The van der Waals surface area contributed by atoms with Crippen LogP contribution < -0.4 is 5.32 Å². The summed E-state index contributed by atoms with van der Waals surface area (Å²) in [4.78, 5) is 21.1. The third-order valence-corrected chi connectivity index (χ3v) is 5.89. The lowest BCUT2D eigenvalue weighted by atomic mass is 10.0. The number of carbonyl (C=O) groups is 1. The molecule has 5 heteroatoms. The van der Waals surface area contributed by atoms with E-state index in [-0.39, 0.29) is 5.97 Å². The second-order valence-corrected chi connectivity index (χ2v) is 8.55. The summed E-state index contributed by atoms with van der Waals surface area (Å²) in [5.74, 6) is 0.251. The normalized spacial score (nSPS) is 10.9. The molecule has 0 fully saturated rings. The van der Waals surface area contributed by atoms with Crippen molar-refractivity contribution >= 4 is 11.8 Å². The Labute approximate surface area is 234 Å². The van der Waals surface area contributed by atoms with Crippen LogP contribution in [0.2, 0.25) is 0 Å². The van der Waals surface area contributed by atoms with Gasteiger partial charge in [-0.2, -0.15) is 0 Å². The molecule has 39 heavy (non-hydrogen) atoms. The molecule has 0 saturated heterocycles. The summed E-state index contributed by atoms with van der Waals surface area (Å²) >= 11 is 0. The monoisotopic (exact) mass is 523 g/mol. The van der Waals surface area contributed by atoms with Crippen LogP contribution in [0.1, 0.15) is 44.4 Å². The third-order valence-electron chi connectivity index (χ3n) is 5.89. The van der Waals surface area contributed by atoms with Gasteiger partial charge in [0.05, 0.1) is 12.8 Å². The number of rotatable bonds is 9. The molecule has 3 aromatic carbocycles. The Bertz CT molecular complexity index is 1240. The summed E-state index contributed by atoms with van der Waals surface area (Å²) in [5, 5.41) is 3.21. The molecule has 5 nitrogen and oxygen atoms in total. The molecule has 4 rings (SSSR count). The van der Waals surface area contributed by atoms with E-state index in [0.29, 0.717) is 12.2 Å². The summed E-state index contributed by atoms with van der Waals surface area (Å²) in [7, 11) is 1.40. The first-order valence-electron chi connectivity index (χ1n) is 13.5. The minimum atomic E-state index is -0.541. The van der Waals surface area contributed by atoms with Gasteiger partial charge in [-0.15, -0.1) is 0 Å². The van der Waals surface area contributed by atoms with E-state index in [1.54, 1.807) is 0 Å². The van der Waals surface area contributed by atoms with Crippen LogP contribution in [0.4, 0.5) is 5.82 Å². The van der Waals surface area contributed by atoms with Gasteiger partial charge in [0.1, 0.15) is 18.2 Å². The van der Waals surface area contributed by atoms with E-state index in [0.717, 1.165) is 29.7 Å². The molecule has 0 aliphatic carbocycles. The van der Waals surface area contributed by atoms with Crippen molar-refractivity contribution in [1.82, 2.24) is 9.97 Å². The van der Waals surface area contributed by atoms with Crippen molar-refractivity contribution in [3.63, 3.8) is 0 Å². The molecular formula is C34H41N3O2. The first-order valence-corrected chi connectivity index (χ1v) is 13.5. The lowest BCUT2D eigenvalue weighted by Crippen LogP contribution is -2.33. The molecule has 0 spiro atoms. The van der Waals surface area contributed by atoms with Gasteiger partial charge in [-0.1, -0.05) is 111 Å². The van der Waals surface area contributed by atoms with E-state index >= 15 is 0 Å². The molecule has 1 atom stereocenters. The first kappa shape index (κ1) is 31.0. The largest absolute Gasteiger partial charge is 0.467 e. The number of hydrogen-bond donors (Lipinski definition) is 1. The van der Waals surface area contributed by atoms with E-state index in [1.807, 2.05) is 82.3 Å². The second-order valence-electron chi connectivity index (χ2n) is 8.55. The van der Waals surface area contributed by atoms with Crippen molar-refractivity contribution in [1.29, 1.82) is 0 Å². The maximum Gasteiger partial charge on any atom is 0.328 e. The van der Waals surface area contributed by atoms with Gasteiger partial charge >= 0.3 is 5.97 Å². The number of esters is 1. The molecule has 0 aliphatic rings. The Morgan fingerprint density at radius 2 is 1.33 bits per heavy atom. The lowest BCUT2D eigenvalue weighted by molar-refractivity contribution is -0.141. The Kier molecular flexibility index (Phi) is 14.4. The third kappa shape index (κ3) is 10.9. The summed E-state index contributed by atoms with van der Waals surface area (Å²) in [5.41, 5.74) is 5.46. The van der Waals surface area contributed by atoms with E-state index in [2.05, 4.69) is 63.8 Å². The van der Waals surface area contributed by atoms with E-state index in [4.69, 9.17) is 4.74 Å². The van der Waals surface area contributed by atoms with Crippen LogP contribution >= 0.6 is 0 Å². The van der Waals surface area contributed by atoms with Crippen molar-refractivity contribution in [3.8, 4) is 11.3 Å². The highest BCUT2D eigenvalue weighted by Gasteiger charge is 2.20. The number of benzene rings is 3. The average Bonchev–Trinajstić information content (AvgIpc) is 3.02. The lowest BCUT2D eigenvalue weighted by Gasteiger charge is -2.17. The number of nitrogens with one attached hydrogen (secondary N) is 1. The van der Waals surface area contributed by atoms with Crippen LogP contribution in [0.25, 0.3) is 11.3 Å². The van der Waals surface area contributed by atoms with Gasteiger partial charge in [-0.25, -0.2) is 14.8 Å². The highest BCUT2D eigenvalue weighted by Crippen LogP contribution is 2.21. The Morgan fingerprint density at radius 1 is 0.795 bits per heavy atom. The quantitative estimate of drug-likeness (QED) is 0.180. The van der Waals surface area contributed by atoms with Gasteiger partial charge in [-0.05, 0) is 43.4 Å². The number of nitrogens with zero attached hydrogens (tertiary/aromatic N) is 2. The van der Waals surface area contributed by atoms with Crippen molar-refractivity contribution in [2.45, 2.75) is 53.0 Å². The molecule has 0 saturated carbocycles.